The lowest BCUT2D eigenvalue weighted by atomic mass is 10.2. The summed E-state index contributed by atoms with van der Waals surface area (Å²) in [4.78, 5) is 24.5. The van der Waals surface area contributed by atoms with Crippen molar-refractivity contribution in [3.63, 3.8) is 0 Å². The van der Waals surface area contributed by atoms with Crippen LogP contribution in [-0.2, 0) is 4.79 Å². The van der Waals surface area contributed by atoms with Gasteiger partial charge in [-0.2, -0.15) is 0 Å². The number of carbonyl (C=O) groups excluding carboxylic acids is 2. The van der Waals surface area contributed by atoms with Gasteiger partial charge in [0.15, 0.2) is 0 Å². The first kappa shape index (κ1) is 20.9. The second kappa shape index (κ2) is 10.1. The normalized spacial score (nSPS) is 10.2. The van der Waals surface area contributed by atoms with Gasteiger partial charge in [0.1, 0.15) is 11.5 Å². The van der Waals surface area contributed by atoms with Crippen molar-refractivity contribution < 1.29 is 19.1 Å². The molecule has 0 fully saturated rings. The number of nitrogens with one attached hydrogen (secondary N) is 2. The maximum atomic E-state index is 12.4. The molecule has 6 heteroatoms. The molecule has 0 radical (unpaired) electrons. The van der Waals surface area contributed by atoms with Crippen molar-refractivity contribution in [1.29, 1.82) is 0 Å². The zero-order chi connectivity index (χ0) is 21.3. The van der Waals surface area contributed by atoms with Gasteiger partial charge in [0.2, 0.25) is 5.91 Å². The monoisotopic (exact) mass is 404 g/mol. The molecule has 0 saturated heterocycles. The zero-order valence-electron chi connectivity index (χ0n) is 17.0. The predicted molar refractivity (Wildman–Crippen MR) is 117 cm³/mol. The van der Waals surface area contributed by atoms with Gasteiger partial charge in [-0.25, -0.2) is 0 Å². The van der Waals surface area contributed by atoms with Gasteiger partial charge in [-0.3, -0.25) is 9.59 Å². The lowest BCUT2D eigenvalue weighted by Gasteiger charge is -2.10. The van der Waals surface area contributed by atoms with Crippen LogP contribution in [0.15, 0.2) is 72.8 Å². The van der Waals surface area contributed by atoms with Crippen molar-refractivity contribution in [2.75, 3.05) is 24.4 Å². The summed E-state index contributed by atoms with van der Waals surface area (Å²) in [6.07, 6.45) is 0.230. The average Bonchev–Trinajstić information content (AvgIpc) is 2.76. The fraction of sp³-hybridized carbons (Fsp3) is 0.167. The molecular formula is C24H24N2O4. The summed E-state index contributed by atoms with van der Waals surface area (Å²) in [7, 11) is 1.59. The van der Waals surface area contributed by atoms with E-state index < -0.39 is 0 Å². The number of carbonyl (C=O) groups is 2. The number of benzene rings is 3. The first-order valence-electron chi connectivity index (χ1n) is 9.59. The minimum Gasteiger partial charge on any atom is -0.497 e. The highest BCUT2D eigenvalue weighted by Crippen LogP contribution is 2.18. The molecule has 0 atom stereocenters. The van der Waals surface area contributed by atoms with Gasteiger partial charge in [0.05, 0.1) is 20.1 Å². The van der Waals surface area contributed by atoms with E-state index in [9.17, 15) is 9.59 Å². The fourth-order valence-electron chi connectivity index (χ4n) is 2.78. The van der Waals surface area contributed by atoms with Crippen molar-refractivity contribution in [2.45, 2.75) is 13.3 Å². The Balaban J connectivity index is 1.47. The Morgan fingerprint density at radius 1 is 0.833 bits per heavy atom. The van der Waals surface area contributed by atoms with Crippen LogP contribution in [0.4, 0.5) is 11.4 Å². The summed E-state index contributed by atoms with van der Waals surface area (Å²) in [5.74, 6) is 1.11. The third-order valence-electron chi connectivity index (χ3n) is 4.46. The zero-order valence-corrected chi connectivity index (χ0v) is 17.0. The van der Waals surface area contributed by atoms with E-state index in [0.717, 1.165) is 17.1 Å². The van der Waals surface area contributed by atoms with E-state index >= 15 is 0 Å². The Labute approximate surface area is 175 Å². The van der Waals surface area contributed by atoms with Crippen LogP contribution in [0.1, 0.15) is 22.3 Å². The van der Waals surface area contributed by atoms with Gasteiger partial charge in [-0.1, -0.05) is 18.2 Å². The van der Waals surface area contributed by atoms with Crippen molar-refractivity contribution in [1.82, 2.24) is 0 Å². The molecule has 154 valence electrons. The maximum Gasteiger partial charge on any atom is 0.255 e. The van der Waals surface area contributed by atoms with Crippen molar-refractivity contribution in [3.8, 4) is 11.5 Å². The van der Waals surface area contributed by atoms with E-state index in [4.69, 9.17) is 9.47 Å². The van der Waals surface area contributed by atoms with Gasteiger partial charge >= 0.3 is 0 Å². The Bertz CT molecular complexity index is 998. The Hall–Kier alpha value is -3.80. The third-order valence-corrected chi connectivity index (χ3v) is 4.46. The number of amides is 2. The highest BCUT2D eigenvalue weighted by Gasteiger charge is 2.08. The number of hydrogen-bond donors (Lipinski definition) is 2. The number of ether oxygens (including phenoxy) is 2. The lowest BCUT2D eigenvalue weighted by Crippen LogP contribution is -2.16. The first-order chi connectivity index (χ1) is 14.5. The van der Waals surface area contributed by atoms with Crippen LogP contribution in [0.25, 0.3) is 0 Å². The fourth-order valence-corrected chi connectivity index (χ4v) is 2.78. The second-order valence-corrected chi connectivity index (χ2v) is 6.67. The van der Waals surface area contributed by atoms with Gasteiger partial charge < -0.3 is 20.1 Å². The van der Waals surface area contributed by atoms with Gasteiger partial charge in [0.25, 0.3) is 5.91 Å². The Kier molecular flexibility index (Phi) is 7.05. The van der Waals surface area contributed by atoms with Crippen LogP contribution in [0, 0.1) is 6.92 Å². The molecule has 30 heavy (non-hydrogen) atoms. The summed E-state index contributed by atoms with van der Waals surface area (Å²) in [5, 5.41) is 5.63. The van der Waals surface area contributed by atoms with Gasteiger partial charge in [-0.15, -0.1) is 0 Å². The molecule has 0 unspecified atom stereocenters. The lowest BCUT2D eigenvalue weighted by molar-refractivity contribution is -0.116. The molecule has 0 aliphatic carbocycles. The maximum absolute atomic E-state index is 12.4. The van der Waals surface area contributed by atoms with Gasteiger partial charge in [-0.05, 0) is 67.1 Å². The molecular weight excluding hydrogens is 380 g/mol. The molecule has 6 nitrogen and oxygen atoms in total. The molecule has 0 aromatic heterocycles. The molecule has 0 spiro atoms. The topological polar surface area (TPSA) is 76.7 Å². The van der Waals surface area contributed by atoms with E-state index in [-0.39, 0.29) is 18.2 Å². The SMILES string of the molecule is COc1ccc(NC(=O)c2ccc(NC(=O)CCOc3ccccc3C)cc2)cc1. The highest BCUT2D eigenvalue weighted by atomic mass is 16.5. The molecule has 0 heterocycles. The minimum atomic E-state index is -0.232. The predicted octanol–water partition coefficient (Wildman–Crippen LogP) is 4.66. The number of para-hydroxylation sites is 1. The number of rotatable bonds is 8. The number of hydrogen-bond acceptors (Lipinski definition) is 4. The van der Waals surface area contributed by atoms with E-state index in [1.54, 1.807) is 55.6 Å². The van der Waals surface area contributed by atoms with E-state index in [1.165, 1.54) is 0 Å². The molecule has 0 bridgehead atoms. The molecule has 0 aliphatic heterocycles. The van der Waals surface area contributed by atoms with Crippen LogP contribution in [0.5, 0.6) is 11.5 Å². The highest BCUT2D eigenvalue weighted by molar-refractivity contribution is 6.04. The summed E-state index contributed by atoms with van der Waals surface area (Å²) >= 11 is 0. The Morgan fingerprint density at radius 2 is 1.47 bits per heavy atom. The quantitative estimate of drug-likeness (QED) is 0.572. The van der Waals surface area contributed by atoms with Crippen LogP contribution in [0.2, 0.25) is 0 Å². The molecule has 0 saturated carbocycles. The van der Waals surface area contributed by atoms with Gasteiger partial charge in [0, 0.05) is 16.9 Å². The van der Waals surface area contributed by atoms with E-state index in [1.807, 2.05) is 31.2 Å². The molecule has 2 amide bonds. The number of anilines is 2. The van der Waals surface area contributed by atoms with Crippen LogP contribution in [0.3, 0.4) is 0 Å². The second-order valence-electron chi connectivity index (χ2n) is 6.67. The van der Waals surface area contributed by atoms with Crippen LogP contribution >= 0.6 is 0 Å². The van der Waals surface area contributed by atoms with Crippen LogP contribution < -0.4 is 20.1 Å². The molecule has 3 aromatic carbocycles. The largest absolute Gasteiger partial charge is 0.497 e. The van der Waals surface area contributed by atoms with Crippen molar-refractivity contribution >= 4 is 23.2 Å². The summed E-state index contributed by atoms with van der Waals surface area (Å²) in [5.41, 5.74) is 2.82. The molecule has 3 aromatic rings. The third kappa shape index (κ3) is 5.85. The Morgan fingerprint density at radius 3 is 2.13 bits per heavy atom. The molecule has 3 rings (SSSR count). The van der Waals surface area contributed by atoms with Crippen LogP contribution in [-0.4, -0.2) is 25.5 Å². The average molecular weight is 404 g/mol. The summed E-state index contributed by atoms with van der Waals surface area (Å²) < 4.78 is 10.7. The van der Waals surface area contributed by atoms with Crippen molar-refractivity contribution in [2.24, 2.45) is 0 Å². The number of aryl methyl sites for hydroxylation is 1. The summed E-state index contributed by atoms with van der Waals surface area (Å²) in [6.45, 7) is 2.25. The van der Waals surface area contributed by atoms with E-state index in [2.05, 4.69) is 10.6 Å². The van der Waals surface area contributed by atoms with Crippen molar-refractivity contribution in [3.05, 3.63) is 83.9 Å². The molecule has 0 aliphatic rings. The van der Waals surface area contributed by atoms with E-state index in [0.29, 0.717) is 23.5 Å². The standard InChI is InChI=1S/C24H24N2O4/c1-17-5-3-4-6-22(17)30-16-15-23(27)25-19-9-7-18(8-10-19)24(28)26-20-11-13-21(29-2)14-12-20/h3-14H,15-16H2,1-2H3,(H,25,27)(H,26,28). The summed E-state index contributed by atoms with van der Waals surface area (Å²) in [6, 6.07) is 21.5. The number of methoxy groups -OCH3 is 1. The molecule has 2 N–H and O–H groups in total. The smallest absolute Gasteiger partial charge is 0.255 e. The minimum absolute atomic E-state index is 0.154. The first-order valence-corrected chi connectivity index (χ1v) is 9.59.